The molecule has 0 radical (unpaired) electrons. The maximum Gasteiger partial charge on any atom is 0.243 e. The highest BCUT2D eigenvalue weighted by atomic mass is 32.2. The van der Waals surface area contributed by atoms with Gasteiger partial charge in [0.1, 0.15) is 0 Å². The summed E-state index contributed by atoms with van der Waals surface area (Å²) in [7, 11) is -2.19. The molecule has 7 heteroatoms. The van der Waals surface area contributed by atoms with Crippen molar-refractivity contribution in [2.75, 3.05) is 33.4 Å². The summed E-state index contributed by atoms with van der Waals surface area (Å²) < 4.78 is 31.7. The molecule has 1 N–H and O–H groups in total. The lowest BCUT2D eigenvalue weighted by Crippen LogP contribution is -2.36. The molecule has 0 aliphatic carbocycles. The first-order valence-electron chi connectivity index (χ1n) is 6.54. The van der Waals surface area contributed by atoms with Gasteiger partial charge in [0.25, 0.3) is 0 Å². The molecule has 0 saturated carbocycles. The van der Waals surface area contributed by atoms with Crippen LogP contribution in [-0.2, 0) is 14.8 Å². The number of benzene rings is 1. The molecule has 2 rings (SSSR count). The van der Waals surface area contributed by atoms with Gasteiger partial charge in [-0.25, -0.2) is 8.42 Å². The van der Waals surface area contributed by atoms with Crippen LogP contribution in [0.4, 0.5) is 0 Å². The number of aliphatic hydroxyl groups excluding tert-OH is 1. The smallest absolute Gasteiger partial charge is 0.243 e. The van der Waals surface area contributed by atoms with E-state index in [-0.39, 0.29) is 31.2 Å². The summed E-state index contributed by atoms with van der Waals surface area (Å²) in [5.41, 5.74) is 0. The molecule has 0 fully saturated rings. The van der Waals surface area contributed by atoms with Crippen LogP contribution >= 0.6 is 0 Å². The molecule has 0 saturated heterocycles. The van der Waals surface area contributed by atoms with E-state index in [0.717, 1.165) is 5.39 Å². The van der Waals surface area contributed by atoms with E-state index in [4.69, 9.17) is 9.84 Å². The Bertz CT molecular complexity index is 698. The Morgan fingerprint density at radius 1 is 1.29 bits per heavy atom. The van der Waals surface area contributed by atoms with Crippen LogP contribution in [0.5, 0.6) is 0 Å². The zero-order valence-electron chi connectivity index (χ0n) is 11.8. The van der Waals surface area contributed by atoms with Gasteiger partial charge in [-0.3, -0.25) is 4.98 Å². The van der Waals surface area contributed by atoms with Gasteiger partial charge in [-0.2, -0.15) is 4.31 Å². The van der Waals surface area contributed by atoms with Crippen LogP contribution in [-0.4, -0.2) is 56.2 Å². The summed E-state index contributed by atoms with van der Waals surface area (Å²) in [6.07, 6.45) is 3.19. The highest BCUT2D eigenvalue weighted by Crippen LogP contribution is 2.24. The average molecular weight is 310 g/mol. The normalized spacial score (nSPS) is 12.1. The third-order valence-electron chi connectivity index (χ3n) is 3.15. The second-order valence-electron chi connectivity index (χ2n) is 4.47. The summed E-state index contributed by atoms with van der Waals surface area (Å²) >= 11 is 0. The van der Waals surface area contributed by atoms with E-state index in [9.17, 15) is 8.42 Å². The largest absolute Gasteiger partial charge is 0.395 e. The van der Waals surface area contributed by atoms with Crippen LogP contribution in [0.25, 0.3) is 10.8 Å². The Hall–Kier alpha value is -1.54. The fraction of sp³-hybridized carbons (Fsp3) is 0.357. The van der Waals surface area contributed by atoms with E-state index in [1.165, 1.54) is 11.4 Å². The van der Waals surface area contributed by atoms with E-state index < -0.39 is 10.0 Å². The van der Waals surface area contributed by atoms with Gasteiger partial charge in [-0.1, -0.05) is 12.1 Å². The molecule has 0 bridgehead atoms. The second-order valence-corrected chi connectivity index (χ2v) is 6.38. The standard InChI is InChI=1S/C14H18N2O4S/c1-20-10-8-16(7-9-17)21(18,19)14-4-2-3-12-11-15-6-5-13(12)14/h2-6,11,17H,7-10H2,1H3. The fourth-order valence-electron chi connectivity index (χ4n) is 2.11. The quantitative estimate of drug-likeness (QED) is 0.820. The van der Waals surface area contributed by atoms with E-state index in [1.54, 1.807) is 30.6 Å². The first-order chi connectivity index (χ1) is 10.1. The summed E-state index contributed by atoms with van der Waals surface area (Å²) in [5, 5.41) is 10.5. The molecule has 0 unspecified atom stereocenters. The first kappa shape index (κ1) is 15.8. The number of hydrogen-bond acceptors (Lipinski definition) is 5. The average Bonchev–Trinajstić information content (AvgIpc) is 2.50. The maximum atomic E-state index is 12.8. The molecule has 0 spiro atoms. The van der Waals surface area contributed by atoms with E-state index in [1.807, 2.05) is 6.07 Å². The minimum atomic E-state index is -3.70. The Morgan fingerprint density at radius 2 is 2.10 bits per heavy atom. The maximum absolute atomic E-state index is 12.8. The topological polar surface area (TPSA) is 79.7 Å². The molecule has 6 nitrogen and oxygen atoms in total. The van der Waals surface area contributed by atoms with Gasteiger partial charge in [0.05, 0.1) is 18.1 Å². The van der Waals surface area contributed by atoms with Gasteiger partial charge in [-0.05, 0) is 12.1 Å². The van der Waals surface area contributed by atoms with Gasteiger partial charge in [0, 0.05) is 43.4 Å². The molecular formula is C14H18N2O4S. The predicted octanol–water partition coefficient (Wildman–Crippen LogP) is 0.864. The molecule has 1 aromatic heterocycles. The highest BCUT2D eigenvalue weighted by Gasteiger charge is 2.25. The third-order valence-corrected chi connectivity index (χ3v) is 5.11. The molecule has 21 heavy (non-hydrogen) atoms. The SMILES string of the molecule is COCCN(CCO)S(=O)(=O)c1cccc2cnccc12. The lowest BCUT2D eigenvalue weighted by atomic mass is 10.2. The van der Waals surface area contributed by atoms with Crippen LogP contribution in [0.3, 0.4) is 0 Å². The van der Waals surface area contributed by atoms with Crippen LogP contribution in [0.15, 0.2) is 41.6 Å². The van der Waals surface area contributed by atoms with Crippen molar-refractivity contribution in [3.8, 4) is 0 Å². The van der Waals surface area contributed by atoms with Crippen molar-refractivity contribution < 1.29 is 18.3 Å². The molecule has 0 amide bonds. The molecule has 1 aromatic carbocycles. The van der Waals surface area contributed by atoms with Crippen molar-refractivity contribution in [3.63, 3.8) is 0 Å². The zero-order chi connectivity index (χ0) is 15.3. The first-order valence-corrected chi connectivity index (χ1v) is 7.98. The van der Waals surface area contributed by atoms with Crippen LogP contribution < -0.4 is 0 Å². The summed E-state index contributed by atoms with van der Waals surface area (Å²) in [4.78, 5) is 4.21. The lowest BCUT2D eigenvalue weighted by molar-refractivity contribution is 0.168. The molecular weight excluding hydrogens is 292 g/mol. The number of nitrogens with zero attached hydrogens (tertiary/aromatic N) is 2. The number of methoxy groups -OCH3 is 1. The molecule has 2 aromatic rings. The molecule has 0 atom stereocenters. The van der Waals surface area contributed by atoms with Gasteiger partial charge in [0.15, 0.2) is 0 Å². The van der Waals surface area contributed by atoms with Crippen molar-refractivity contribution in [1.82, 2.24) is 9.29 Å². The number of rotatable bonds is 7. The Labute approximate surface area is 124 Å². The zero-order valence-corrected chi connectivity index (χ0v) is 12.6. The fourth-order valence-corrected chi connectivity index (χ4v) is 3.74. The summed E-state index contributed by atoms with van der Waals surface area (Å²) in [5.74, 6) is 0. The van der Waals surface area contributed by atoms with Crippen molar-refractivity contribution in [2.45, 2.75) is 4.90 Å². The lowest BCUT2D eigenvalue weighted by Gasteiger charge is -2.21. The Kier molecular flexibility index (Phi) is 5.24. The van der Waals surface area contributed by atoms with Gasteiger partial charge >= 0.3 is 0 Å². The van der Waals surface area contributed by atoms with E-state index in [2.05, 4.69) is 4.98 Å². The Morgan fingerprint density at radius 3 is 2.81 bits per heavy atom. The highest BCUT2D eigenvalue weighted by molar-refractivity contribution is 7.89. The number of hydrogen-bond donors (Lipinski definition) is 1. The number of ether oxygens (including phenoxy) is 1. The van der Waals surface area contributed by atoms with Crippen molar-refractivity contribution in [1.29, 1.82) is 0 Å². The second kappa shape index (κ2) is 6.95. The van der Waals surface area contributed by atoms with Crippen molar-refractivity contribution in [3.05, 3.63) is 36.7 Å². The van der Waals surface area contributed by atoms with Crippen molar-refractivity contribution in [2.24, 2.45) is 0 Å². The predicted molar refractivity (Wildman–Crippen MR) is 79.5 cm³/mol. The number of aromatic nitrogens is 1. The Balaban J connectivity index is 2.49. The molecule has 114 valence electrons. The van der Waals surface area contributed by atoms with E-state index in [0.29, 0.717) is 5.39 Å². The van der Waals surface area contributed by atoms with Gasteiger partial charge < -0.3 is 9.84 Å². The summed E-state index contributed by atoms with van der Waals surface area (Å²) in [6.45, 7) is 0.259. The number of aliphatic hydroxyl groups is 1. The minimum Gasteiger partial charge on any atom is -0.395 e. The summed E-state index contributed by atoms with van der Waals surface area (Å²) in [6, 6.07) is 6.74. The van der Waals surface area contributed by atoms with Crippen LogP contribution in [0.2, 0.25) is 0 Å². The van der Waals surface area contributed by atoms with Crippen LogP contribution in [0, 0.1) is 0 Å². The van der Waals surface area contributed by atoms with Crippen molar-refractivity contribution >= 4 is 20.8 Å². The monoisotopic (exact) mass is 310 g/mol. The number of sulfonamides is 1. The van der Waals surface area contributed by atoms with Crippen LogP contribution in [0.1, 0.15) is 0 Å². The number of pyridine rings is 1. The molecule has 0 aliphatic rings. The van der Waals surface area contributed by atoms with E-state index >= 15 is 0 Å². The van der Waals surface area contributed by atoms with Gasteiger partial charge in [-0.15, -0.1) is 0 Å². The molecule has 0 aliphatic heterocycles. The number of fused-ring (bicyclic) bond motifs is 1. The molecule has 1 heterocycles. The van der Waals surface area contributed by atoms with Gasteiger partial charge in [0.2, 0.25) is 10.0 Å². The third kappa shape index (κ3) is 3.38. The minimum absolute atomic E-state index is 0.0349.